The summed E-state index contributed by atoms with van der Waals surface area (Å²) in [6.45, 7) is 0.905. The first-order chi connectivity index (χ1) is 8.39. The lowest BCUT2D eigenvalue weighted by Crippen LogP contribution is -2.42. The van der Waals surface area contributed by atoms with Crippen molar-refractivity contribution in [1.82, 2.24) is 0 Å². The van der Waals surface area contributed by atoms with Gasteiger partial charge in [0.25, 0.3) is 0 Å². The average Bonchev–Trinajstić information content (AvgIpc) is 2.77. The molecule has 0 aromatic rings. The highest BCUT2D eigenvalue weighted by Crippen LogP contribution is 2.47. The van der Waals surface area contributed by atoms with Gasteiger partial charge in [-0.05, 0) is 24.7 Å². The second-order valence-corrected chi connectivity index (χ2v) is 5.38. The van der Waals surface area contributed by atoms with Gasteiger partial charge in [0.15, 0.2) is 5.79 Å². The number of aliphatic hydroxyl groups excluding tert-OH is 1. The van der Waals surface area contributed by atoms with E-state index in [9.17, 15) is 18.3 Å². The Kier molecular flexibility index (Phi) is 3.90. The molecule has 1 N–H and O–H groups in total. The molecule has 2 rings (SSSR count). The molecule has 0 aromatic heterocycles. The molecule has 1 aliphatic carbocycles. The minimum atomic E-state index is -4.16. The van der Waals surface area contributed by atoms with Gasteiger partial charge in [0.05, 0.1) is 13.2 Å². The lowest BCUT2D eigenvalue weighted by molar-refractivity contribution is -0.199. The van der Waals surface area contributed by atoms with E-state index >= 15 is 0 Å². The van der Waals surface area contributed by atoms with E-state index in [2.05, 4.69) is 0 Å². The van der Waals surface area contributed by atoms with Gasteiger partial charge in [-0.25, -0.2) is 0 Å². The zero-order chi connectivity index (χ0) is 13.3. The van der Waals surface area contributed by atoms with E-state index in [1.165, 1.54) is 0 Å². The van der Waals surface area contributed by atoms with Crippen LogP contribution in [0.2, 0.25) is 0 Å². The first-order valence-electron chi connectivity index (χ1n) is 6.34. The van der Waals surface area contributed by atoms with Crippen LogP contribution in [-0.4, -0.2) is 36.9 Å². The van der Waals surface area contributed by atoms with E-state index in [-0.39, 0.29) is 13.0 Å². The van der Waals surface area contributed by atoms with Gasteiger partial charge >= 0.3 is 6.18 Å². The zero-order valence-electron chi connectivity index (χ0n) is 10.3. The third kappa shape index (κ3) is 3.16. The SMILES string of the molecule is OCC1(CCC(F)(F)F)CCC2(CC1)OCCO2. The smallest absolute Gasteiger partial charge is 0.389 e. The number of ether oxygens (including phenoxy) is 2. The molecule has 0 unspecified atom stereocenters. The third-order valence-electron chi connectivity index (χ3n) is 4.16. The van der Waals surface area contributed by atoms with Crippen LogP contribution in [0, 0.1) is 5.41 Å². The maximum absolute atomic E-state index is 12.3. The summed E-state index contributed by atoms with van der Waals surface area (Å²) >= 11 is 0. The molecular formula is C12H19F3O3. The molecule has 0 bridgehead atoms. The van der Waals surface area contributed by atoms with E-state index in [0.717, 1.165) is 0 Å². The number of aliphatic hydroxyl groups is 1. The van der Waals surface area contributed by atoms with Crippen molar-refractivity contribution in [3.05, 3.63) is 0 Å². The predicted molar refractivity (Wildman–Crippen MR) is 57.9 cm³/mol. The molecule has 1 spiro atoms. The van der Waals surface area contributed by atoms with Gasteiger partial charge in [-0.3, -0.25) is 0 Å². The Morgan fingerprint density at radius 2 is 1.56 bits per heavy atom. The molecule has 0 aromatic carbocycles. The second kappa shape index (κ2) is 4.98. The monoisotopic (exact) mass is 268 g/mol. The minimum absolute atomic E-state index is 0.0108. The fourth-order valence-corrected chi connectivity index (χ4v) is 2.84. The van der Waals surface area contributed by atoms with Crippen LogP contribution in [0.15, 0.2) is 0 Å². The molecule has 2 aliphatic rings. The minimum Gasteiger partial charge on any atom is -0.396 e. The average molecular weight is 268 g/mol. The third-order valence-corrected chi connectivity index (χ3v) is 4.16. The van der Waals surface area contributed by atoms with Crippen molar-refractivity contribution >= 4 is 0 Å². The maximum atomic E-state index is 12.3. The van der Waals surface area contributed by atoms with E-state index in [1.54, 1.807) is 0 Å². The highest BCUT2D eigenvalue weighted by molar-refractivity contribution is 4.91. The van der Waals surface area contributed by atoms with Gasteiger partial charge in [-0.1, -0.05) is 0 Å². The molecule has 0 radical (unpaired) electrons. The molecule has 2 fully saturated rings. The summed E-state index contributed by atoms with van der Waals surface area (Å²) < 4.78 is 47.9. The lowest BCUT2D eigenvalue weighted by Gasteiger charge is -2.43. The Morgan fingerprint density at radius 1 is 1.00 bits per heavy atom. The van der Waals surface area contributed by atoms with Crippen LogP contribution in [-0.2, 0) is 9.47 Å². The zero-order valence-corrected chi connectivity index (χ0v) is 10.3. The van der Waals surface area contributed by atoms with Crippen LogP contribution in [0.3, 0.4) is 0 Å². The van der Waals surface area contributed by atoms with E-state index < -0.39 is 23.8 Å². The molecule has 1 saturated carbocycles. The quantitative estimate of drug-likeness (QED) is 0.855. The summed E-state index contributed by atoms with van der Waals surface area (Å²) in [6.07, 6.45) is -2.79. The molecular weight excluding hydrogens is 249 g/mol. The first kappa shape index (κ1) is 14.1. The maximum Gasteiger partial charge on any atom is 0.389 e. The van der Waals surface area contributed by atoms with Crippen LogP contribution >= 0.6 is 0 Å². The van der Waals surface area contributed by atoms with Crippen LogP contribution < -0.4 is 0 Å². The number of halogens is 3. The van der Waals surface area contributed by atoms with Crippen molar-refractivity contribution in [3.8, 4) is 0 Å². The molecule has 1 saturated heterocycles. The number of alkyl halides is 3. The first-order valence-corrected chi connectivity index (χ1v) is 6.34. The van der Waals surface area contributed by atoms with Crippen molar-refractivity contribution in [3.63, 3.8) is 0 Å². The van der Waals surface area contributed by atoms with E-state index in [1.807, 2.05) is 0 Å². The summed E-state index contributed by atoms with van der Waals surface area (Å²) in [4.78, 5) is 0. The van der Waals surface area contributed by atoms with Gasteiger partial charge in [0, 0.05) is 25.9 Å². The Balaban J connectivity index is 1.91. The molecule has 1 aliphatic heterocycles. The Bertz CT molecular complexity index is 275. The van der Waals surface area contributed by atoms with Crippen molar-refractivity contribution in [2.75, 3.05) is 19.8 Å². The summed E-state index contributed by atoms with van der Waals surface area (Å²) in [5.41, 5.74) is -0.615. The molecule has 0 amide bonds. The number of rotatable bonds is 3. The van der Waals surface area contributed by atoms with Gasteiger partial charge < -0.3 is 14.6 Å². The fourth-order valence-electron chi connectivity index (χ4n) is 2.84. The van der Waals surface area contributed by atoms with Crippen LogP contribution in [0.5, 0.6) is 0 Å². The van der Waals surface area contributed by atoms with Gasteiger partial charge in [-0.2, -0.15) is 13.2 Å². The Labute approximate surface area is 104 Å². The summed E-state index contributed by atoms with van der Waals surface area (Å²) in [7, 11) is 0. The molecule has 18 heavy (non-hydrogen) atoms. The van der Waals surface area contributed by atoms with Crippen LogP contribution in [0.4, 0.5) is 13.2 Å². The molecule has 1 heterocycles. The molecule has 6 heteroatoms. The Morgan fingerprint density at radius 3 is 2.00 bits per heavy atom. The highest BCUT2D eigenvalue weighted by Gasteiger charge is 2.47. The molecule has 106 valence electrons. The van der Waals surface area contributed by atoms with Crippen molar-refractivity contribution < 1.29 is 27.8 Å². The van der Waals surface area contributed by atoms with Crippen LogP contribution in [0.1, 0.15) is 38.5 Å². The normalized spacial score (nSPS) is 26.7. The lowest BCUT2D eigenvalue weighted by atomic mass is 9.70. The van der Waals surface area contributed by atoms with Crippen LogP contribution in [0.25, 0.3) is 0 Å². The largest absolute Gasteiger partial charge is 0.396 e. The summed E-state index contributed by atoms with van der Waals surface area (Å²) in [6, 6.07) is 0. The Hall–Kier alpha value is -0.330. The van der Waals surface area contributed by atoms with Gasteiger partial charge in [0.2, 0.25) is 0 Å². The topological polar surface area (TPSA) is 38.7 Å². The second-order valence-electron chi connectivity index (χ2n) is 5.38. The highest BCUT2D eigenvalue weighted by atomic mass is 19.4. The van der Waals surface area contributed by atoms with Crippen molar-refractivity contribution in [1.29, 1.82) is 0 Å². The fraction of sp³-hybridized carbons (Fsp3) is 1.00. The number of hydrogen-bond acceptors (Lipinski definition) is 3. The van der Waals surface area contributed by atoms with Crippen molar-refractivity contribution in [2.24, 2.45) is 5.41 Å². The van der Waals surface area contributed by atoms with E-state index in [4.69, 9.17) is 9.47 Å². The van der Waals surface area contributed by atoms with E-state index in [0.29, 0.717) is 38.9 Å². The standard InChI is InChI=1S/C12H19F3O3/c13-12(14,15)6-3-10(9-16)1-4-11(5-2-10)17-7-8-18-11/h16H,1-9H2. The van der Waals surface area contributed by atoms with Crippen molar-refractivity contribution in [2.45, 2.75) is 50.5 Å². The number of hydrogen-bond donors (Lipinski definition) is 1. The molecule has 0 atom stereocenters. The predicted octanol–water partition coefficient (Wildman–Crippen LogP) is 2.62. The summed E-state index contributed by atoms with van der Waals surface area (Å²) in [5.74, 6) is -0.586. The summed E-state index contributed by atoms with van der Waals surface area (Å²) in [5, 5.41) is 9.42. The van der Waals surface area contributed by atoms with Gasteiger partial charge in [0.1, 0.15) is 0 Å². The van der Waals surface area contributed by atoms with Gasteiger partial charge in [-0.15, -0.1) is 0 Å². The molecule has 3 nitrogen and oxygen atoms in total.